The van der Waals surface area contributed by atoms with Crippen molar-refractivity contribution in [2.75, 3.05) is 0 Å². The Morgan fingerprint density at radius 1 is 1.55 bits per heavy atom. The van der Waals surface area contributed by atoms with E-state index in [0.717, 1.165) is 0 Å². The molecule has 1 heterocycles. The van der Waals surface area contributed by atoms with Crippen LogP contribution in [0.1, 0.15) is 27.7 Å². The summed E-state index contributed by atoms with van der Waals surface area (Å²) in [7, 11) is 0. The smallest absolute Gasteiger partial charge is 0.180 e. The van der Waals surface area contributed by atoms with E-state index in [4.69, 9.17) is 4.74 Å². The quantitative estimate of drug-likeness (QED) is 0.616. The predicted molar refractivity (Wildman–Crippen MR) is 43.7 cm³/mol. The van der Waals surface area contributed by atoms with Crippen LogP contribution < -0.4 is 0 Å². The van der Waals surface area contributed by atoms with Crippen LogP contribution in [0, 0.1) is 0 Å². The second-order valence-electron chi connectivity index (χ2n) is 3.57. The molecule has 0 saturated carbocycles. The van der Waals surface area contributed by atoms with E-state index in [1.165, 1.54) is 0 Å². The van der Waals surface area contributed by atoms with Crippen molar-refractivity contribution in [3.8, 4) is 0 Å². The summed E-state index contributed by atoms with van der Waals surface area (Å²) in [6, 6.07) is -0.123. The monoisotopic (exact) mass is 157 g/mol. The van der Waals surface area contributed by atoms with Gasteiger partial charge in [-0.25, -0.2) is 4.99 Å². The van der Waals surface area contributed by atoms with Crippen LogP contribution in [-0.2, 0) is 4.74 Å². The molecular weight excluding hydrogens is 142 g/mol. The highest BCUT2D eigenvalue weighted by molar-refractivity contribution is 5.75. The minimum atomic E-state index is -0.781. The highest BCUT2D eigenvalue weighted by Gasteiger charge is 2.36. The first-order valence-electron chi connectivity index (χ1n) is 3.84. The molecule has 0 spiro atoms. The first-order valence-corrected chi connectivity index (χ1v) is 3.84. The molecule has 0 fully saturated rings. The van der Waals surface area contributed by atoms with Gasteiger partial charge in [-0.3, -0.25) is 0 Å². The van der Waals surface area contributed by atoms with Crippen molar-refractivity contribution in [3.63, 3.8) is 0 Å². The molecule has 2 unspecified atom stereocenters. The molecule has 3 nitrogen and oxygen atoms in total. The summed E-state index contributed by atoms with van der Waals surface area (Å²) < 4.78 is 5.29. The Hall–Kier alpha value is -0.570. The summed E-state index contributed by atoms with van der Waals surface area (Å²) in [5.41, 5.74) is -0.781. The van der Waals surface area contributed by atoms with Crippen LogP contribution in [0.2, 0.25) is 0 Å². The highest BCUT2D eigenvalue weighted by atomic mass is 16.5. The molecule has 1 aliphatic rings. The van der Waals surface area contributed by atoms with Crippen LogP contribution in [0.4, 0.5) is 0 Å². The molecule has 1 N–H and O–H groups in total. The number of aliphatic hydroxyl groups is 1. The molecule has 64 valence electrons. The van der Waals surface area contributed by atoms with Crippen molar-refractivity contribution >= 4 is 5.90 Å². The molecular formula is C8H15NO2. The van der Waals surface area contributed by atoms with E-state index in [9.17, 15) is 5.11 Å². The number of rotatable bonds is 1. The minimum absolute atomic E-state index is 0.00463. The third-order valence-corrected chi connectivity index (χ3v) is 1.85. The molecule has 0 bridgehead atoms. The van der Waals surface area contributed by atoms with Crippen molar-refractivity contribution in [3.05, 3.63) is 0 Å². The highest BCUT2D eigenvalue weighted by Crippen LogP contribution is 2.23. The third-order valence-electron chi connectivity index (χ3n) is 1.85. The first kappa shape index (κ1) is 8.53. The average Bonchev–Trinajstić information content (AvgIpc) is 2.08. The zero-order valence-electron chi connectivity index (χ0n) is 7.46. The van der Waals surface area contributed by atoms with Crippen molar-refractivity contribution < 1.29 is 9.84 Å². The zero-order valence-corrected chi connectivity index (χ0v) is 7.46. The molecule has 0 aromatic heterocycles. The molecule has 3 heteroatoms. The lowest BCUT2D eigenvalue weighted by Crippen LogP contribution is -2.40. The molecule has 2 atom stereocenters. The Labute approximate surface area is 67.1 Å². The molecule has 1 aliphatic heterocycles. The van der Waals surface area contributed by atoms with Crippen molar-refractivity contribution in [2.45, 2.75) is 45.4 Å². The normalized spacial score (nSPS) is 31.5. The van der Waals surface area contributed by atoms with Gasteiger partial charge in [-0.2, -0.15) is 0 Å². The fourth-order valence-electron chi connectivity index (χ4n) is 1.40. The van der Waals surface area contributed by atoms with Gasteiger partial charge in [0.2, 0.25) is 0 Å². The summed E-state index contributed by atoms with van der Waals surface area (Å²) in [6.07, 6.45) is -0.00463. The molecule has 0 aromatic rings. The van der Waals surface area contributed by atoms with Gasteiger partial charge in [0.15, 0.2) is 5.90 Å². The van der Waals surface area contributed by atoms with Gasteiger partial charge in [0, 0.05) is 6.92 Å². The summed E-state index contributed by atoms with van der Waals surface area (Å²) in [5.74, 6) is 0.671. The van der Waals surface area contributed by atoms with E-state index in [2.05, 4.69) is 4.99 Å². The SMILES string of the molecule is CC1=NC(C(C)(C)O)C(C)O1. The van der Waals surface area contributed by atoms with E-state index in [0.29, 0.717) is 5.90 Å². The molecule has 0 radical (unpaired) electrons. The average molecular weight is 157 g/mol. The molecule has 0 amide bonds. The fraction of sp³-hybridized carbons (Fsp3) is 0.875. The lowest BCUT2D eigenvalue weighted by atomic mass is 9.96. The predicted octanol–water partition coefficient (Wildman–Crippen LogP) is 0.963. The third kappa shape index (κ3) is 1.71. The Kier molecular flexibility index (Phi) is 1.92. The van der Waals surface area contributed by atoms with Gasteiger partial charge >= 0.3 is 0 Å². The van der Waals surface area contributed by atoms with Gasteiger partial charge in [-0.1, -0.05) is 0 Å². The first-order chi connectivity index (χ1) is 4.91. The maximum absolute atomic E-state index is 9.62. The molecule has 1 rings (SSSR count). The van der Waals surface area contributed by atoms with E-state index in [-0.39, 0.29) is 12.1 Å². The van der Waals surface area contributed by atoms with Crippen molar-refractivity contribution in [2.24, 2.45) is 4.99 Å². The number of hydrogen-bond donors (Lipinski definition) is 1. The second-order valence-corrected chi connectivity index (χ2v) is 3.57. The standard InChI is InChI=1S/C8H15NO2/c1-5-7(8(3,4)10)9-6(2)11-5/h5,7,10H,1-4H3. The molecule has 0 aromatic carbocycles. The Morgan fingerprint density at radius 3 is 2.27 bits per heavy atom. The summed E-state index contributed by atoms with van der Waals surface area (Å²) >= 11 is 0. The van der Waals surface area contributed by atoms with Crippen molar-refractivity contribution in [1.29, 1.82) is 0 Å². The van der Waals surface area contributed by atoms with E-state index in [1.54, 1.807) is 13.8 Å². The Bertz CT molecular complexity index is 181. The number of ether oxygens (including phenoxy) is 1. The van der Waals surface area contributed by atoms with Crippen LogP contribution in [0.25, 0.3) is 0 Å². The van der Waals surface area contributed by atoms with Gasteiger partial charge in [-0.15, -0.1) is 0 Å². The molecule has 0 aliphatic carbocycles. The van der Waals surface area contributed by atoms with E-state index in [1.807, 2.05) is 13.8 Å². The van der Waals surface area contributed by atoms with Gasteiger partial charge < -0.3 is 9.84 Å². The summed E-state index contributed by atoms with van der Waals surface area (Å²) in [6.45, 7) is 7.23. The second kappa shape index (κ2) is 2.48. The molecule has 11 heavy (non-hydrogen) atoms. The summed E-state index contributed by atoms with van der Waals surface area (Å²) in [4.78, 5) is 4.19. The number of hydrogen-bond acceptors (Lipinski definition) is 3. The lowest BCUT2D eigenvalue weighted by Gasteiger charge is -2.25. The van der Waals surface area contributed by atoms with Gasteiger partial charge in [-0.05, 0) is 20.8 Å². The van der Waals surface area contributed by atoms with Gasteiger partial charge in [0.05, 0.1) is 5.60 Å². The zero-order chi connectivity index (χ0) is 8.65. The maximum atomic E-state index is 9.62. The topological polar surface area (TPSA) is 41.8 Å². The Morgan fingerprint density at radius 2 is 2.09 bits per heavy atom. The maximum Gasteiger partial charge on any atom is 0.180 e. The van der Waals surface area contributed by atoms with Crippen LogP contribution >= 0.6 is 0 Å². The van der Waals surface area contributed by atoms with Gasteiger partial charge in [0.1, 0.15) is 12.1 Å². The van der Waals surface area contributed by atoms with Crippen LogP contribution in [-0.4, -0.2) is 28.8 Å². The minimum Gasteiger partial charge on any atom is -0.476 e. The number of aliphatic imine (C=N–C) groups is 1. The van der Waals surface area contributed by atoms with E-state index >= 15 is 0 Å². The van der Waals surface area contributed by atoms with Crippen LogP contribution in [0.3, 0.4) is 0 Å². The van der Waals surface area contributed by atoms with Crippen LogP contribution in [0.5, 0.6) is 0 Å². The molecule has 0 saturated heterocycles. The van der Waals surface area contributed by atoms with Gasteiger partial charge in [0.25, 0.3) is 0 Å². The number of nitrogens with zero attached hydrogens (tertiary/aromatic N) is 1. The summed E-state index contributed by atoms with van der Waals surface area (Å²) in [5, 5.41) is 9.62. The van der Waals surface area contributed by atoms with E-state index < -0.39 is 5.60 Å². The largest absolute Gasteiger partial charge is 0.476 e. The fourth-order valence-corrected chi connectivity index (χ4v) is 1.40. The van der Waals surface area contributed by atoms with Crippen molar-refractivity contribution in [1.82, 2.24) is 0 Å². The van der Waals surface area contributed by atoms with Crippen LogP contribution in [0.15, 0.2) is 4.99 Å². The Balaban J connectivity index is 2.74. The lowest BCUT2D eigenvalue weighted by molar-refractivity contribution is 0.0214.